The number of carbonyl (C=O) groups excluding carboxylic acids is 4. The van der Waals surface area contributed by atoms with Gasteiger partial charge in [0.05, 0.1) is 6.04 Å². The van der Waals surface area contributed by atoms with Crippen LogP contribution in [-0.2, 0) is 30.4 Å². The fourth-order valence-electron chi connectivity index (χ4n) is 4.18. The van der Waals surface area contributed by atoms with Crippen molar-refractivity contribution in [2.45, 2.75) is 70.1 Å². The molecule has 1 heterocycles. The number of aromatic amines is 1. The molecule has 1 aromatic heterocycles. The summed E-state index contributed by atoms with van der Waals surface area (Å²) in [6, 6.07) is 3.16. The van der Waals surface area contributed by atoms with Crippen LogP contribution >= 0.6 is 11.8 Å². The maximum absolute atomic E-state index is 13.6. The smallest absolute Gasteiger partial charge is 0.326 e. The molecule has 220 valence electrons. The summed E-state index contributed by atoms with van der Waals surface area (Å²) in [5.41, 5.74) is 12.7. The molecule has 4 atom stereocenters. The van der Waals surface area contributed by atoms with E-state index in [0.717, 1.165) is 16.5 Å². The third-order valence-electron chi connectivity index (χ3n) is 6.34. The number of primary amides is 1. The van der Waals surface area contributed by atoms with E-state index in [-0.39, 0.29) is 38.0 Å². The molecule has 0 saturated heterocycles. The molecule has 0 radical (unpaired) electrons. The molecule has 0 spiro atoms. The lowest BCUT2D eigenvalue weighted by molar-refractivity contribution is -0.142. The SMILES string of the molecule is CSCCC(NC(=O)C(Cc1c[nH]c2ccccc12)NC(=O)C(N)CCC(N)=O)C(=O)NC(CC(C)C)C(=O)O. The van der Waals surface area contributed by atoms with Crippen molar-refractivity contribution in [2.75, 3.05) is 12.0 Å². The fourth-order valence-corrected chi connectivity index (χ4v) is 4.65. The van der Waals surface area contributed by atoms with Crippen LogP contribution < -0.4 is 27.4 Å². The van der Waals surface area contributed by atoms with E-state index >= 15 is 0 Å². The predicted octanol–water partition coefficient (Wildman–Crippen LogP) is 0.641. The van der Waals surface area contributed by atoms with Crippen LogP contribution in [0.2, 0.25) is 0 Å². The Bertz CT molecular complexity index is 1190. The second kappa shape index (κ2) is 15.9. The highest BCUT2D eigenvalue weighted by molar-refractivity contribution is 7.98. The summed E-state index contributed by atoms with van der Waals surface area (Å²) in [5, 5.41) is 18.3. The molecule has 12 nitrogen and oxygen atoms in total. The second-order valence-electron chi connectivity index (χ2n) is 10.1. The van der Waals surface area contributed by atoms with Gasteiger partial charge in [-0.05, 0) is 48.8 Å². The highest BCUT2D eigenvalue weighted by Gasteiger charge is 2.31. The molecule has 4 unspecified atom stereocenters. The largest absolute Gasteiger partial charge is 0.480 e. The number of H-pyrrole nitrogens is 1. The molecule has 9 N–H and O–H groups in total. The quantitative estimate of drug-likeness (QED) is 0.142. The molecular formula is C27H40N6O6S. The minimum absolute atomic E-state index is 0.00771. The Kier molecular flexibility index (Phi) is 12.9. The maximum Gasteiger partial charge on any atom is 0.326 e. The summed E-state index contributed by atoms with van der Waals surface area (Å²) < 4.78 is 0. The van der Waals surface area contributed by atoms with Gasteiger partial charge in [0, 0.05) is 29.9 Å². The molecule has 0 aliphatic rings. The van der Waals surface area contributed by atoms with E-state index in [1.165, 1.54) is 11.8 Å². The van der Waals surface area contributed by atoms with Gasteiger partial charge < -0.3 is 37.5 Å². The van der Waals surface area contributed by atoms with Gasteiger partial charge in [-0.25, -0.2) is 4.79 Å². The lowest BCUT2D eigenvalue weighted by atomic mass is 10.0. The van der Waals surface area contributed by atoms with E-state index in [1.807, 2.05) is 44.4 Å². The number of thioether (sulfide) groups is 1. The van der Waals surface area contributed by atoms with Crippen molar-refractivity contribution in [1.29, 1.82) is 0 Å². The van der Waals surface area contributed by atoms with Crippen molar-refractivity contribution in [3.63, 3.8) is 0 Å². The molecule has 0 aliphatic heterocycles. The Morgan fingerprint density at radius 3 is 2.20 bits per heavy atom. The highest BCUT2D eigenvalue weighted by atomic mass is 32.2. The molecule has 0 aliphatic carbocycles. The van der Waals surface area contributed by atoms with E-state index in [2.05, 4.69) is 20.9 Å². The number of amides is 4. The first-order valence-corrected chi connectivity index (χ1v) is 14.5. The van der Waals surface area contributed by atoms with Gasteiger partial charge in [-0.3, -0.25) is 19.2 Å². The predicted molar refractivity (Wildman–Crippen MR) is 154 cm³/mol. The molecule has 0 fully saturated rings. The van der Waals surface area contributed by atoms with Crippen LogP contribution in [0.25, 0.3) is 10.9 Å². The average Bonchev–Trinajstić information content (AvgIpc) is 3.30. The number of rotatable bonds is 17. The topological polar surface area (TPSA) is 209 Å². The summed E-state index contributed by atoms with van der Waals surface area (Å²) in [6.07, 6.45) is 4.08. The molecule has 0 saturated carbocycles. The van der Waals surface area contributed by atoms with Gasteiger partial charge in [0.15, 0.2) is 0 Å². The standard InChI is InChI=1S/C27H40N6O6S/c1-15(2)12-22(27(38)39)33-25(36)20(10-11-40-3)31-26(37)21(32-24(35)18(28)8-9-23(29)34)13-16-14-30-19-7-5-4-6-17(16)19/h4-7,14-15,18,20-22,30H,8-13,28H2,1-3H3,(H2,29,34)(H,31,37)(H,32,35)(H,33,36)(H,38,39). The number of para-hydroxylation sites is 1. The lowest BCUT2D eigenvalue weighted by Crippen LogP contribution is -2.57. The maximum atomic E-state index is 13.6. The van der Waals surface area contributed by atoms with Crippen LogP contribution in [-0.4, -0.2) is 75.9 Å². The van der Waals surface area contributed by atoms with Crippen molar-refractivity contribution in [3.8, 4) is 0 Å². The summed E-state index contributed by atoms with van der Waals surface area (Å²) in [6.45, 7) is 3.70. The number of benzene rings is 1. The average molecular weight is 577 g/mol. The fraction of sp³-hybridized carbons (Fsp3) is 0.519. The van der Waals surface area contributed by atoms with Gasteiger partial charge in [-0.1, -0.05) is 32.0 Å². The van der Waals surface area contributed by atoms with Gasteiger partial charge >= 0.3 is 5.97 Å². The van der Waals surface area contributed by atoms with E-state index in [9.17, 15) is 29.1 Å². The zero-order valence-electron chi connectivity index (χ0n) is 23.1. The number of aliphatic carboxylic acids is 1. The van der Waals surface area contributed by atoms with Gasteiger partial charge in [0.1, 0.15) is 18.1 Å². The van der Waals surface area contributed by atoms with Crippen molar-refractivity contribution < 1.29 is 29.1 Å². The van der Waals surface area contributed by atoms with E-state index in [1.54, 1.807) is 6.20 Å². The molecule has 2 aromatic rings. The summed E-state index contributed by atoms with van der Waals surface area (Å²) in [4.78, 5) is 65.5. The minimum atomic E-state index is -1.16. The number of hydrogen-bond acceptors (Lipinski definition) is 7. The Balaban J connectivity index is 2.28. The normalized spacial score (nSPS) is 14.2. The van der Waals surface area contributed by atoms with Crippen LogP contribution in [0.3, 0.4) is 0 Å². The van der Waals surface area contributed by atoms with Crippen LogP contribution in [0, 0.1) is 5.92 Å². The number of aromatic nitrogens is 1. The zero-order chi connectivity index (χ0) is 29.8. The molecule has 0 bridgehead atoms. The molecule has 1 aromatic carbocycles. The van der Waals surface area contributed by atoms with Gasteiger partial charge in [-0.2, -0.15) is 11.8 Å². The van der Waals surface area contributed by atoms with Crippen molar-refractivity contribution >= 4 is 52.3 Å². The molecule has 13 heteroatoms. The number of carbonyl (C=O) groups is 5. The van der Waals surface area contributed by atoms with Gasteiger partial charge in [0.25, 0.3) is 0 Å². The van der Waals surface area contributed by atoms with Crippen molar-refractivity contribution in [3.05, 3.63) is 36.0 Å². The first-order chi connectivity index (χ1) is 18.9. The van der Waals surface area contributed by atoms with Crippen LogP contribution in [0.15, 0.2) is 30.5 Å². The number of nitrogens with one attached hydrogen (secondary N) is 4. The molecule has 4 amide bonds. The minimum Gasteiger partial charge on any atom is -0.480 e. The van der Waals surface area contributed by atoms with Crippen LogP contribution in [0.1, 0.15) is 45.1 Å². The third-order valence-corrected chi connectivity index (χ3v) is 6.98. The van der Waals surface area contributed by atoms with Crippen molar-refractivity contribution in [1.82, 2.24) is 20.9 Å². The molecule has 2 rings (SSSR count). The third kappa shape index (κ3) is 10.2. The highest BCUT2D eigenvalue weighted by Crippen LogP contribution is 2.19. The zero-order valence-corrected chi connectivity index (χ0v) is 23.9. The van der Waals surface area contributed by atoms with Crippen molar-refractivity contribution in [2.24, 2.45) is 17.4 Å². The lowest BCUT2D eigenvalue weighted by Gasteiger charge is -2.25. The van der Waals surface area contributed by atoms with E-state index in [0.29, 0.717) is 5.75 Å². The Morgan fingerprint density at radius 1 is 0.950 bits per heavy atom. The molecule has 40 heavy (non-hydrogen) atoms. The summed E-state index contributed by atoms with van der Waals surface area (Å²) in [5.74, 6) is -3.10. The Morgan fingerprint density at radius 2 is 1.57 bits per heavy atom. The van der Waals surface area contributed by atoms with Crippen LogP contribution in [0.4, 0.5) is 0 Å². The van der Waals surface area contributed by atoms with Gasteiger partial charge in [-0.15, -0.1) is 0 Å². The Hall–Kier alpha value is -3.58. The van der Waals surface area contributed by atoms with Gasteiger partial charge in [0.2, 0.25) is 23.6 Å². The first kappa shape index (κ1) is 32.6. The second-order valence-corrected chi connectivity index (χ2v) is 11.1. The summed E-state index contributed by atoms with van der Waals surface area (Å²) in [7, 11) is 0. The first-order valence-electron chi connectivity index (χ1n) is 13.1. The molecular weight excluding hydrogens is 536 g/mol. The van der Waals surface area contributed by atoms with E-state index in [4.69, 9.17) is 11.5 Å². The monoisotopic (exact) mass is 576 g/mol. The Labute approximate surface area is 237 Å². The number of carboxylic acids is 1. The number of hydrogen-bond donors (Lipinski definition) is 7. The number of fused-ring (bicyclic) bond motifs is 1. The van der Waals surface area contributed by atoms with Crippen LogP contribution in [0.5, 0.6) is 0 Å². The summed E-state index contributed by atoms with van der Waals surface area (Å²) >= 11 is 1.47. The van der Waals surface area contributed by atoms with E-state index < -0.39 is 53.8 Å². The number of carboxylic acid groups (broad SMARTS) is 1. The number of nitrogens with two attached hydrogens (primary N) is 2.